The van der Waals surface area contributed by atoms with E-state index >= 15 is 0 Å². The van der Waals surface area contributed by atoms with Gasteiger partial charge in [0.2, 0.25) is 0 Å². The third-order valence-electron chi connectivity index (χ3n) is 5.85. The number of nitrogens with one attached hydrogen (secondary N) is 2. The molecule has 0 fully saturated rings. The first-order valence-corrected chi connectivity index (χ1v) is 10.2. The Hall–Kier alpha value is -3.88. The van der Waals surface area contributed by atoms with E-state index in [-0.39, 0.29) is 11.8 Å². The van der Waals surface area contributed by atoms with E-state index in [9.17, 15) is 9.59 Å². The van der Waals surface area contributed by atoms with Gasteiger partial charge in [0.15, 0.2) is 5.69 Å². The van der Waals surface area contributed by atoms with Crippen molar-refractivity contribution >= 4 is 22.7 Å². The van der Waals surface area contributed by atoms with E-state index in [2.05, 4.69) is 20.3 Å². The smallest absolute Gasteiger partial charge is 0.274 e. The van der Waals surface area contributed by atoms with Crippen molar-refractivity contribution in [1.82, 2.24) is 34.8 Å². The normalized spacial score (nSPS) is 13.4. The van der Waals surface area contributed by atoms with Gasteiger partial charge in [-0.2, -0.15) is 10.2 Å². The van der Waals surface area contributed by atoms with Crippen LogP contribution < -0.4 is 0 Å². The molecule has 0 aliphatic carbocycles. The van der Waals surface area contributed by atoms with Gasteiger partial charge in [-0.3, -0.25) is 19.4 Å². The monoisotopic (exact) mass is 417 g/mol. The summed E-state index contributed by atoms with van der Waals surface area (Å²) in [5, 5.41) is 12.4. The van der Waals surface area contributed by atoms with Crippen LogP contribution in [0.3, 0.4) is 0 Å². The average molecular weight is 417 g/mol. The van der Waals surface area contributed by atoms with Gasteiger partial charge in [-0.05, 0) is 18.2 Å². The van der Waals surface area contributed by atoms with Crippen molar-refractivity contribution in [2.75, 3.05) is 13.6 Å². The summed E-state index contributed by atoms with van der Waals surface area (Å²) in [5.74, 6) is -0.261. The number of hydrogen-bond donors (Lipinski definition) is 2. The molecular weight excluding hydrogens is 394 g/mol. The number of aryl methyl sites for hydroxylation is 1. The minimum Gasteiger partial charge on any atom is -0.351 e. The molecule has 0 atom stereocenters. The number of para-hydroxylation sites is 1. The second-order valence-electron chi connectivity index (χ2n) is 7.88. The van der Waals surface area contributed by atoms with Crippen LogP contribution in [0.2, 0.25) is 0 Å². The van der Waals surface area contributed by atoms with E-state index in [1.54, 1.807) is 27.7 Å². The lowest BCUT2D eigenvalue weighted by Crippen LogP contribution is -2.37. The molecular formula is C22H23N7O2. The molecule has 1 aliphatic rings. The molecule has 0 saturated heterocycles. The summed E-state index contributed by atoms with van der Waals surface area (Å²) in [6.07, 6.45) is 2.34. The zero-order valence-corrected chi connectivity index (χ0v) is 17.4. The van der Waals surface area contributed by atoms with Crippen LogP contribution >= 0.6 is 0 Å². The molecule has 31 heavy (non-hydrogen) atoms. The molecule has 0 radical (unpaired) electrons. The molecule has 158 valence electrons. The Morgan fingerprint density at radius 2 is 2.06 bits per heavy atom. The van der Waals surface area contributed by atoms with Crippen molar-refractivity contribution in [2.24, 2.45) is 7.05 Å². The lowest BCUT2D eigenvalue weighted by atomic mass is 10.0. The molecule has 1 aliphatic heterocycles. The fourth-order valence-electron chi connectivity index (χ4n) is 4.06. The van der Waals surface area contributed by atoms with E-state index in [0.717, 1.165) is 27.9 Å². The van der Waals surface area contributed by atoms with Crippen LogP contribution in [0.5, 0.6) is 0 Å². The summed E-state index contributed by atoms with van der Waals surface area (Å²) in [5.41, 5.74) is 4.48. The highest BCUT2D eigenvalue weighted by Crippen LogP contribution is 2.24. The van der Waals surface area contributed by atoms with Crippen LogP contribution in [0, 0.1) is 0 Å². The predicted molar refractivity (Wildman–Crippen MR) is 114 cm³/mol. The van der Waals surface area contributed by atoms with Crippen molar-refractivity contribution in [3.63, 3.8) is 0 Å². The van der Waals surface area contributed by atoms with Crippen LogP contribution in [0.1, 0.15) is 37.9 Å². The van der Waals surface area contributed by atoms with Crippen molar-refractivity contribution < 1.29 is 9.59 Å². The lowest BCUT2D eigenvalue weighted by molar-refractivity contribution is 0.0717. The summed E-state index contributed by atoms with van der Waals surface area (Å²) < 4.78 is 1.74. The van der Waals surface area contributed by atoms with Crippen LogP contribution in [0.4, 0.5) is 0 Å². The number of H-pyrrole nitrogens is 2. The average Bonchev–Trinajstić information content (AvgIpc) is 3.50. The number of aromatic amines is 2. The first-order valence-electron chi connectivity index (χ1n) is 10.2. The molecule has 4 heterocycles. The number of carbonyl (C=O) groups is 2. The van der Waals surface area contributed by atoms with Crippen molar-refractivity contribution in [2.45, 2.75) is 19.5 Å². The van der Waals surface area contributed by atoms with Crippen LogP contribution in [0.25, 0.3) is 10.9 Å². The number of benzene rings is 1. The zero-order valence-electron chi connectivity index (χ0n) is 17.4. The number of hydrogen-bond acceptors (Lipinski definition) is 4. The molecule has 0 bridgehead atoms. The quantitative estimate of drug-likeness (QED) is 0.531. The largest absolute Gasteiger partial charge is 0.351 e. The number of amides is 2. The Kier molecular flexibility index (Phi) is 4.58. The van der Waals surface area contributed by atoms with Gasteiger partial charge in [-0.25, -0.2) is 0 Å². The molecule has 2 amide bonds. The SMILES string of the molecule is CN(Cc1ccnn1C)C(=O)c1n[nH]c2c1CN(C(=O)c1cc3ccccc3[nH]1)CC2. The first-order chi connectivity index (χ1) is 15.0. The van der Waals surface area contributed by atoms with Gasteiger partial charge in [-0.15, -0.1) is 0 Å². The molecule has 9 heteroatoms. The Labute approximate surface area is 178 Å². The summed E-state index contributed by atoms with van der Waals surface area (Å²) >= 11 is 0. The van der Waals surface area contributed by atoms with Gasteiger partial charge in [0.05, 0.1) is 18.8 Å². The van der Waals surface area contributed by atoms with Crippen LogP contribution in [-0.4, -0.2) is 60.2 Å². The van der Waals surface area contributed by atoms with Crippen molar-refractivity contribution in [3.8, 4) is 0 Å². The highest BCUT2D eigenvalue weighted by atomic mass is 16.2. The Bertz CT molecular complexity index is 1250. The minimum atomic E-state index is -0.182. The van der Waals surface area contributed by atoms with E-state index in [1.807, 2.05) is 43.4 Å². The standard InChI is InChI=1S/C22H23N7O2/c1-27(12-15-7-9-23-28(15)2)22(31)20-16-13-29(10-8-18(16)25-26-20)21(30)19-11-14-5-3-4-6-17(14)24-19/h3-7,9,11,24H,8,10,12-13H2,1-2H3,(H,25,26). The number of carbonyl (C=O) groups excluding carboxylic acids is 2. The van der Waals surface area contributed by atoms with E-state index in [4.69, 9.17) is 0 Å². The number of fused-ring (bicyclic) bond motifs is 2. The number of nitrogens with zero attached hydrogens (tertiary/aromatic N) is 5. The lowest BCUT2D eigenvalue weighted by Gasteiger charge is -2.27. The maximum atomic E-state index is 13.1. The second kappa shape index (κ2) is 7.42. The Morgan fingerprint density at radius 1 is 1.23 bits per heavy atom. The van der Waals surface area contributed by atoms with Gasteiger partial charge < -0.3 is 14.8 Å². The molecule has 0 spiro atoms. The fraction of sp³-hybridized carbons (Fsp3) is 0.273. The highest BCUT2D eigenvalue weighted by molar-refractivity contribution is 5.98. The third kappa shape index (κ3) is 3.37. The van der Waals surface area contributed by atoms with E-state index in [1.165, 1.54) is 0 Å². The molecule has 3 aromatic heterocycles. The van der Waals surface area contributed by atoms with Gasteiger partial charge >= 0.3 is 0 Å². The summed E-state index contributed by atoms with van der Waals surface area (Å²) in [4.78, 5) is 32.8. The molecule has 2 N–H and O–H groups in total. The molecule has 9 nitrogen and oxygen atoms in total. The number of aromatic nitrogens is 5. The topological polar surface area (TPSA) is 103 Å². The Morgan fingerprint density at radius 3 is 2.84 bits per heavy atom. The molecule has 5 rings (SSSR count). The minimum absolute atomic E-state index is 0.0790. The zero-order chi connectivity index (χ0) is 21.5. The second-order valence-corrected chi connectivity index (χ2v) is 7.88. The van der Waals surface area contributed by atoms with E-state index < -0.39 is 0 Å². The molecule has 1 aromatic carbocycles. The van der Waals surface area contributed by atoms with Gasteiger partial charge in [0.25, 0.3) is 11.8 Å². The van der Waals surface area contributed by atoms with Crippen molar-refractivity contribution in [3.05, 3.63) is 70.9 Å². The maximum absolute atomic E-state index is 13.1. The predicted octanol–water partition coefficient (Wildman–Crippen LogP) is 2.10. The van der Waals surface area contributed by atoms with Gasteiger partial charge in [-0.1, -0.05) is 18.2 Å². The van der Waals surface area contributed by atoms with Crippen LogP contribution in [0.15, 0.2) is 42.6 Å². The maximum Gasteiger partial charge on any atom is 0.274 e. The van der Waals surface area contributed by atoms with Gasteiger partial charge in [0.1, 0.15) is 5.69 Å². The molecule has 0 unspecified atom stereocenters. The first kappa shape index (κ1) is 19.1. The van der Waals surface area contributed by atoms with Crippen molar-refractivity contribution in [1.29, 1.82) is 0 Å². The number of rotatable bonds is 4. The molecule has 4 aromatic rings. The van der Waals surface area contributed by atoms with Crippen LogP contribution in [-0.2, 0) is 26.6 Å². The van der Waals surface area contributed by atoms with Gasteiger partial charge in [0, 0.05) is 55.4 Å². The fourth-order valence-corrected chi connectivity index (χ4v) is 4.06. The summed E-state index contributed by atoms with van der Waals surface area (Å²) in [6, 6.07) is 11.6. The summed E-state index contributed by atoms with van der Waals surface area (Å²) in [7, 11) is 3.59. The highest BCUT2D eigenvalue weighted by Gasteiger charge is 2.30. The Balaban J connectivity index is 1.36. The summed E-state index contributed by atoms with van der Waals surface area (Å²) in [6.45, 7) is 1.34. The molecule has 0 saturated carbocycles. The van der Waals surface area contributed by atoms with E-state index in [0.29, 0.717) is 37.4 Å². The third-order valence-corrected chi connectivity index (χ3v) is 5.85.